The van der Waals surface area contributed by atoms with Crippen LogP contribution in [-0.2, 0) is 0 Å². The third kappa shape index (κ3) is 2.12. The van der Waals surface area contributed by atoms with E-state index in [0.717, 1.165) is 25.3 Å². The minimum absolute atomic E-state index is 0.857. The fourth-order valence-corrected chi connectivity index (χ4v) is 2.38. The van der Waals surface area contributed by atoms with Crippen LogP contribution in [-0.4, -0.2) is 20.2 Å². The first-order chi connectivity index (χ1) is 8.86. The number of ether oxygens (including phenoxy) is 1. The highest BCUT2D eigenvalue weighted by atomic mass is 16.5. The minimum atomic E-state index is 0.857. The summed E-state index contributed by atoms with van der Waals surface area (Å²) in [5.74, 6) is 0.908. The quantitative estimate of drug-likeness (QED) is 0.787. The molecule has 2 heteroatoms. The molecule has 0 aromatic heterocycles. The van der Waals surface area contributed by atoms with Gasteiger partial charge in [-0.15, -0.1) is 0 Å². The Morgan fingerprint density at radius 2 is 1.89 bits per heavy atom. The van der Waals surface area contributed by atoms with E-state index in [-0.39, 0.29) is 0 Å². The van der Waals surface area contributed by atoms with E-state index in [1.807, 2.05) is 6.07 Å². The Balaban J connectivity index is 2.03. The Morgan fingerprint density at radius 3 is 2.67 bits per heavy atom. The second kappa shape index (κ2) is 4.83. The number of benzene rings is 2. The van der Waals surface area contributed by atoms with E-state index in [1.54, 1.807) is 7.11 Å². The maximum atomic E-state index is 5.25. The molecule has 0 fully saturated rings. The largest absolute Gasteiger partial charge is 0.497 e. The van der Waals surface area contributed by atoms with Gasteiger partial charge < -0.3 is 4.74 Å². The van der Waals surface area contributed by atoms with Gasteiger partial charge in [-0.1, -0.05) is 24.3 Å². The molecule has 1 aliphatic rings. The van der Waals surface area contributed by atoms with E-state index >= 15 is 0 Å². The topological polar surface area (TPSA) is 23.3 Å². The second-order valence-electron chi connectivity index (χ2n) is 4.54. The van der Waals surface area contributed by atoms with Crippen molar-refractivity contribution in [3.63, 3.8) is 0 Å². The van der Waals surface area contributed by atoms with Crippen LogP contribution in [0.2, 0.25) is 0 Å². The molecule has 2 nitrogen and oxygen atoms in total. The van der Waals surface area contributed by atoms with Crippen molar-refractivity contribution in [1.29, 1.82) is 0 Å². The molecule has 0 N–H and O–H groups in total. The highest BCUT2D eigenvalue weighted by molar-refractivity contribution is 5.87. The van der Waals surface area contributed by atoms with E-state index in [2.05, 4.69) is 41.7 Å². The fourth-order valence-electron chi connectivity index (χ4n) is 2.38. The average molecular weight is 238 g/mol. The summed E-state index contributed by atoms with van der Waals surface area (Å²) in [6, 6.07) is 12.8. The predicted molar refractivity (Wildman–Crippen MR) is 75.0 cm³/mol. The molecule has 2 aromatic rings. The van der Waals surface area contributed by atoms with Crippen LogP contribution in [0.1, 0.15) is 12.0 Å². The molecular formula is C16H16NO. The van der Waals surface area contributed by atoms with Crippen molar-refractivity contribution < 1.29 is 4.74 Å². The molecule has 0 unspecified atom stereocenters. The van der Waals surface area contributed by atoms with Crippen LogP contribution in [0.25, 0.3) is 16.3 Å². The van der Waals surface area contributed by atoms with Gasteiger partial charge in [0.1, 0.15) is 5.75 Å². The summed E-state index contributed by atoms with van der Waals surface area (Å²) in [4.78, 5) is 0. The molecule has 0 amide bonds. The maximum absolute atomic E-state index is 5.25. The third-order valence-corrected chi connectivity index (χ3v) is 3.42. The first kappa shape index (κ1) is 11.3. The van der Waals surface area contributed by atoms with Crippen molar-refractivity contribution in [2.24, 2.45) is 0 Å². The van der Waals surface area contributed by atoms with Crippen LogP contribution in [0.5, 0.6) is 5.75 Å². The van der Waals surface area contributed by atoms with Gasteiger partial charge in [-0.2, -0.15) is 0 Å². The van der Waals surface area contributed by atoms with Gasteiger partial charge in [-0.05, 0) is 46.5 Å². The number of hydrogen-bond donors (Lipinski definition) is 0. The Morgan fingerprint density at radius 1 is 1.06 bits per heavy atom. The van der Waals surface area contributed by atoms with Crippen LogP contribution < -0.4 is 10.1 Å². The molecule has 1 radical (unpaired) electrons. The third-order valence-electron chi connectivity index (χ3n) is 3.42. The molecule has 0 atom stereocenters. The lowest BCUT2D eigenvalue weighted by Gasteiger charge is -2.13. The van der Waals surface area contributed by atoms with Gasteiger partial charge >= 0.3 is 0 Å². The molecule has 18 heavy (non-hydrogen) atoms. The van der Waals surface area contributed by atoms with Gasteiger partial charge in [0.05, 0.1) is 7.11 Å². The lowest BCUT2D eigenvalue weighted by Crippen LogP contribution is -2.12. The van der Waals surface area contributed by atoms with Gasteiger partial charge in [-0.25, -0.2) is 5.32 Å². The van der Waals surface area contributed by atoms with Crippen LogP contribution in [0.4, 0.5) is 0 Å². The molecule has 0 spiro atoms. The summed E-state index contributed by atoms with van der Waals surface area (Å²) < 4.78 is 5.25. The highest BCUT2D eigenvalue weighted by Crippen LogP contribution is 2.26. The zero-order chi connectivity index (χ0) is 12.4. The molecule has 91 valence electrons. The summed E-state index contributed by atoms with van der Waals surface area (Å²) in [7, 11) is 1.70. The number of hydrogen-bond acceptors (Lipinski definition) is 1. The second-order valence-corrected chi connectivity index (χ2v) is 4.54. The van der Waals surface area contributed by atoms with Gasteiger partial charge in [0.2, 0.25) is 0 Å². The molecule has 0 saturated heterocycles. The fraction of sp³-hybridized carbons (Fsp3) is 0.250. The Labute approximate surface area is 107 Å². The zero-order valence-corrected chi connectivity index (χ0v) is 10.5. The Bertz CT molecular complexity index is 601. The first-order valence-corrected chi connectivity index (χ1v) is 6.27. The van der Waals surface area contributed by atoms with E-state index in [0.29, 0.717) is 0 Å². The van der Waals surface area contributed by atoms with Gasteiger partial charge in [0.15, 0.2) is 0 Å². The number of fused-ring (bicyclic) bond motifs is 1. The molecule has 1 heterocycles. The molecule has 0 saturated carbocycles. The van der Waals surface area contributed by atoms with Crippen molar-refractivity contribution in [3.8, 4) is 5.75 Å². The van der Waals surface area contributed by atoms with Crippen molar-refractivity contribution >= 4 is 16.3 Å². The summed E-state index contributed by atoms with van der Waals surface area (Å²) in [6.07, 6.45) is 3.29. The lowest BCUT2D eigenvalue weighted by atomic mass is 9.97. The molecule has 0 aliphatic carbocycles. The van der Waals surface area contributed by atoms with Gasteiger partial charge in [-0.3, -0.25) is 0 Å². The minimum Gasteiger partial charge on any atom is -0.497 e. The normalized spacial score (nSPS) is 15.5. The van der Waals surface area contributed by atoms with E-state index < -0.39 is 0 Å². The Hall–Kier alpha value is -1.80. The summed E-state index contributed by atoms with van der Waals surface area (Å²) in [6.45, 7) is 1.81. The van der Waals surface area contributed by atoms with Crippen LogP contribution in [0.15, 0.2) is 42.5 Å². The Kier molecular flexibility index (Phi) is 3.03. The number of methoxy groups -OCH3 is 1. The van der Waals surface area contributed by atoms with Gasteiger partial charge in [0.25, 0.3) is 0 Å². The molecular weight excluding hydrogens is 222 g/mol. The molecule has 1 aliphatic heterocycles. The number of nitrogens with zero attached hydrogens (tertiary/aromatic N) is 1. The summed E-state index contributed by atoms with van der Waals surface area (Å²) in [5.41, 5.74) is 2.74. The molecule has 3 rings (SSSR count). The molecule has 0 bridgehead atoms. The van der Waals surface area contributed by atoms with E-state index in [1.165, 1.54) is 21.9 Å². The van der Waals surface area contributed by atoms with Crippen LogP contribution in [0, 0.1) is 0 Å². The summed E-state index contributed by atoms with van der Waals surface area (Å²) in [5, 5.41) is 6.83. The zero-order valence-electron chi connectivity index (χ0n) is 10.5. The lowest BCUT2D eigenvalue weighted by molar-refractivity contribution is 0.415. The smallest absolute Gasteiger partial charge is 0.119 e. The maximum Gasteiger partial charge on any atom is 0.119 e. The van der Waals surface area contributed by atoms with E-state index in [9.17, 15) is 0 Å². The summed E-state index contributed by atoms with van der Waals surface area (Å²) >= 11 is 0. The van der Waals surface area contributed by atoms with Crippen molar-refractivity contribution in [2.75, 3.05) is 20.2 Å². The predicted octanol–water partition coefficient (Wildman–Crippen LogP) is 3.24. The van der Waals surface area contributed by atoms with Crippen molar-refractivity contribution in [1.82, 2.24) is 5.32 Å². The monoisotopic (exact) mass is 238 g/mol. The van der Waals surface area contributed by atoms with E-state index in [4.69, 9.17) is 4.74 Å². The number of rotatable bonds is 2. The molecule has 2 aromatic carbocycles. The van der Waals surface area contributed by atoms with Crippen molar-refractivity contribution in [2.45, 2.75) is 6.42 Å². The van der Waals surface area contributed by atoms with Crippen LogP contribution >= 0.6 is 0 Å². The van der Waals surface area contributed by atoms with Crippen molar-refractivity contribution in [3.05, 3.63) is 48.0 Å². The SMILES string of the molecule is COc1ccc2cc(C3=CC[N]CC3)ccc2c1. The van der Waals surface area contributed by atoms with Crippen LogP contribution in [0.3, 0.4) is 0 Å². The standard InChI is InChI=1S/C16H16NO/c1-18-16-5-4-14-10-13(2-3-15(14)11-16)12-6-8-17-9-7-12/h2-6,10-11H,7-9H2,1H3. The van der Waals surface area contributed by atoms with Gasteiger partial charge in [0, 0.05) is 13.1 Å². The average Bonchev–Trinajstić information content (AvgIpc) is 2.47. The first-order valence-electron chi connectivity index (χ1n) is 6.27. The highest BCUT2D eigenvalue weighted by Gasteiger charge is 2.07.